The van der Waals surface area contributed by atoms with Gasteiger partial charge in [-0.25, -0.2) is 0 Å². The van der Waals surface area contributed by atoms with Gasteiger partial charge in [0.1, 0.15) is 0 Å². The maximum atomic E-state index is 10.5. The van der Waals surface area contributed by atoms with Crippen molar-refractivity contribution >= 4 is 11.5 Å². The van der Waals surface area contributed by atoms with Crippen LogP contribution in [0.2, 0.25) is 0 Å². The molecule has 0 aliphatic carbocycles. The molecule has 2 atom stereocenters. The zero-order chi connectivity index (χ0) is 13.8. The summed E-state index contributed by atoms with van der Waals surface area (Å²) < 4.78 is 5.41. The normalized spacial score (nSPS) is 24.6. The van der Waals surface area contributed by atoms with E-state index in [4.69, 9.17) is 4.74 Å². The molecule has 6 nitrogen and oxygen atoms in total. The lowest BCUT2D eigenvalue weighted by molar-refractivity contribution is -0.389. The Kier molecular flexibility index (Phi) is 4.31. The van der Waals surface area contributed by atoms with Crippen LogP contribution in [0, 0.1) is 22.0 Å². The molecule has 0 radical (unpaired) electrons. The molecule has 3 heterocycles. The van der Waals surface area contributed by atoms with Crippen molar-refractivity contribution in [3.05, 3.63) is 28.4 Å². The summed E-state index contributed by atoms with van der Waals surface area (Å²) in [5.41, 5.74) is 0.963. The molecular weight excluding hydrogens is 246 g/mol. The minimum absolute atomic E-state index is 0.100. The molecule has 19 heavy (non-hydrogen) atoms. The Balaban J connectivity index is 0.000000637. The Labute approximate surface area is 112 Å². The molecule has 0 spiro atoms. The van der Waals surface area contributed by atoms with Gasteiger partial charge in [-0.1, -0.05) is 13.8 Å². The van der Waals surface area contributed by atoms with Crippen molar-refractivity contribution < 1.29 is 9.66 Å². The first-order valence-corrected chi connectivity index (χ1v) is 6.67. The number of nitrogens with zero attached hydrogens (tertiary/aromatic N) is 3. The molecule has 1 aromatic rings. The lowest BCUT2D eigenvalue weighted by Gasteiger charge is -2.17. The Bertz CT molecular complexity index is 423. The quantitative estimate of drug-likeness (QED) is 0.605. The molecule has 0 bridgehead atoms. The monoisotopic (exact) mass is 265 g/mol. The summed E-state index contributed by atoms with van der Waals surface area (Å²) in [7, 11) is 0. The number of pyridine rings is 1. The molecule has 2 saturated heterocycles. The van der Waals surface area contributed by atoms with E-state index in [1.54, 1.807) is 12.3 Å². The molecule has 2 aliphatic heterocycles. The predicted octanol–water partition coefficient (Wildman–Crippen LogP) is 2.10. The molecule has 2 fully saturated rings. The van der Waals surface area contributed by atoms with Crippen molar-refractivity contribution in [2.45, 2.75) is 13.8 Å². The third-order valence-corrected chi connectivity index (χ3v) is 3.52. The van der Waals surface area contributed by atoms with Crippen LogP contribution in [0.25, 0.3) is 0 Å². The van der Waals surface area contributed by atoms with Crippen molar-refractivity contribution in [2.24, 2.45) is 11.8 Å². The van der Waals surface area contributed by atoms with E-state index in [-0.39, 0.29) is 5.82 Å². The zero-order valence-corrected chi connectivity index (χ0v) is 11.3. The summed E-state index contributed by atoms with van der Waals surface area (Å²) in [6, 6.07) is 3.23. The largest absolute Gasteiger partial charge is 0.381 e. The van der Waals surface area contributed by atoms with Crippen LogP contribution >= 0.6 is 0 Å². The number of anilines is 1. The predicted molar refractivity (Wildman–Crippen MR) is 72.3 cm³/mol. The Morgan fingerprint density at radius 1 is 1.32 bits per heavy atom. The highest BCUT2D eigenvalue weighted by molar-refractivity contribution is 5.47. The number of rotatable bonds is 2. The van der Waals surface area contributed by atoms with E-state index in [2.05, 4.69) is 9.88 Å². The number of fused-ring (bicyclic) bond motifs is 1. The second-order valence-electron chi connectivity index (χ2n) is 4.59. The molecule has 0 amide bonds. The van der Waals surface area contributed by atoms with Gasteiger partial charge in [-0.05, 0) is 16.0 Å². The van der Waals surface area contributed by atoms with Gasteiger partial charge in [0.05, 0.1) is 18.9 Å². The summed E-state index contributed by atoms with van der Waals surface area (Å²) >= 11 is 0. The number of ether oxygens (including phenoxy) is 1. The van der Waals surface area contributed by atoms with E-state index in [1.165, 1.54) is 6.07 Å². The fourth-order valence-electron chi connectivity index (χ4n) is 2.57. The topological polar surface area (TPSA) is 68.5 Å². The highest BCUT2D eigenvalue weighted by atomic mass is 16.6. The molecule has 0 N–H and O–H groups in total. The number of nitro groups is 1. The molecule has 6 heteroatoms. The zero-order valence-electron chi connectivity index (χ0n) is 11.3. The number of hydrogen-bond donors (Lipinski definition) is 0. The van der Waals surface area contributed by atoms with Crippen molar-refractivity contribution in [3.8, 4) is 0 Å². The fourth-order valence-corrected chi connectivity index (χ4v) is 2.57. The summed E-state index contributed by atoms with van der Waals surface area (Å²) in [5, 5.41) is 10.5. The van der Waals surface area contributed by atoms with Gasteiger partial charge < -0.3 is 19.8 Å². The highest BCUT2D eigenvalue weighted by Crippen LogP contribution is 2.32. The van der Waals surface area contributed by atoms with Crippen LogP contribution in [0.15, 0.2) is 18.3 Å². The molecule has 2 aliphatic rings. The second-order valence-corrected chi connectivity index (χ2v) is 4.59. The van der Waals surface area contributed by atoms with E-state index < -0.39 is 4.92 Å². The van der Waals surface area contributed by atoms with Gasteiger partial charge in [0.2, 0.25) is 0 Å². The molecule has 0 saturated carbocycles. The summed E-state index contributed by atoms with van der Waals surface area (Å²) in [6.07, 6.45) is 1.58. The first-order chi connectivity index (χ1) is 9.24. The smallest absolute Gasteiger partial charge is 0.363 e. The fraction of sp³-hybridized carbons (Fsp3) is 0.615. The number of aromatic nitrogens is 1. The maximum Gasteiger partial charge on any atom is 0.363 e. The third kappa shape index (κ3) is 2.84. The van der Waals surface area contributed by atoms with Gasteiger partial charge in [0.25, 0.3) is 0 Å². The Morgan fingerprint density at radius 2 is 1.95 bits per heavy atom. The number of hydrogen-bond acceptors (Lipinski definition) is 5. The van der Waals surface area contributed by atoms with Gasteiger partial charge in [-0.15, -0.1) is 0 Å². The van der Waals surface area contributed by atoms with Gasteiger partial charge >= 0.3 is 5.82 Å². The van der Waals surface area contributed by atoms with E-state index in [0.717, 1.165) is 32.0 Å². The molecule has 1 aromatic heterocycles. The van der Waals surface area contributed by atoms with Crippen LogP contribution in [0.3, 0.4) is 0 Å². The van der Waals surface area contributed by atoms with E-state index in [9.17, 15) is 10.1 Å². The molecule has 2 unspecified atom stereocenters. The molecule has 3 rings (SSSR count). The molecule has 0 aromatic carbocycles. The minimum Gasteiger partial charge on any atom is -0.381 e. The highest BCUT2D eigenvalue weighted by Gasteiger charge is 2.37. The average molecular weight is 265 g/mol. The van der Waals surface area contributed by atoms with Crippen molar-refractivity contribution in [1.29, 1.82) is 0 Å². The first kappa shape index (κ1) is 13.7. The Hall–Kier alpha value is -1.69. The van der Waals surface area contributed by atoms with Crippen LogP contribution < -0.4 is 4.90 Å². The van der Waals surface area contributed by atoms with Crippen LogP contribution in [-0.2, 0) is 4.74 Å². The standard InChI is InChI=1S/C11H13N3O3.C2H6/c15-14(16)11-2-1-10(3-12-11)13-4-8-6-17-7-9(8)5-13;1-2/h1-3,8-9H,4-7H2;1-2H3. The van der Waals surface area contributed by atoms with Gasteiger partial charge in [-0.3, -0.25) is 0 Å². The lowest BCUT2D eigenvalue weighted by atomic mass is 10.0. The molecular formula is C13H19N3O3. The maximum absolute atomic E-state index is 10.5. The van der Waals surface area contributed by atoms with Gasteiger partial charge in [-0.2, -0.15) is 0 Å². The minimum atomic E-state index is -0.476. The second kappa shape index (κ2) is 5.97. The van der Waals surface area contributed by atoms with Crippen LogP contribution in [-0.4, -0.2) is 36.2 Å². The summed E-state index contributed by atoms with van der Waals surface area (Å²) in [6.45, 7) is 7.59. The van der Waals surface area contributed by atoms with E-state index in [0.29, 0.717) is 11.8 Å². The summed E-state index contributed by atoms with van der Waals surface area (Å²) in [4.78, 5) is 16.1. The van der Waals surface area contributed by atoms with E-state index in [1.807, 2.05) is 13.8 Å². The van der Waals surface area contributed by atoms with Gasteiger partial charge in [0.15, 0.2) is 6.20 Å². The van der Waals surface area contributed by atoms with Crippen molar-refractivity contribution in [1.82, 2.24) is 4.98 Å². The summed E-state index contributed by atoms with van der Waals surface area (Å²) in [5.74, 6) is 1.10. The third-order valence-electron chi connectivity index (χ3n) is 3.52. The van der Waals surface area contributed by atoms with Crippen LogP contribution in [0.5, 0.6) is 0 Å². The van der Waals surface area contributed by atoms with Crippen molar-refractivity contribution in [2.75, 3.05) is 31.2 Å². The van der Waals surface area contributed by atoms with E-state index >= 15 is 0 Å². The molecule has 104 valence electrons. The Morgan fingerprint density at radius 3 is 2.42 bits per heavy atom. The SMILES string of the molecule is CC.O=[N+]([O-])c1ccc(N2CC3COCC3C2)cn1. The van der Waals surface area contributed by atoms with Gasteiger partial charge in [0, 0.05) is 31.0 Å². The van der Waals surface area contributed by atoms with Crippen LogP contribution in [0.1, 0.15) is 13.8 Å². The van der Waals surface area contributed by atoms with Crippen LogP contribution in [0.4, 0.5) is 11.5 Å². The van der Waals surface area contributed by atoms with Crippen molar-refractivity contribution in [3.63, 3.8) is 0 Å². The lowest BCUT2D eigenvalue weighted by Crippen LogP contribution is -2.22. The first-order valence-electron chi connectivity index (χ1n) is 6.67. The average Bonchev–Trinajstić information content (AvgIpc) is 3.02.